The van der Waals surface area contributed by atoms with Crippen LogP contribution in [0.3, 0.4) is 0 Å². The van der Waals surface area contributed by atoms with Crippen molar-refractivity contribution in [3.63, 3.8) is 0 Å². The molecule has 0 nitrogen and oxygen atoms in total. The zero-order valence-corrected chi connectivity index (χ0v) is 27.3. The van der Waals surface area contributed by atoms with Crippen molar-refractivity contribution in [3.8, 4) is 0 Å². The molecule has 0 radical (unpaired) electrons. The van der Waals surface area contributed by atoms with Crippen LogP contribution in [0.2, 0.25) is 0 Å². The summed E-state index contributed by atoms with van der Waals surface area (Å²) in [7, 11) is -0.0624. The molecular weight excluding hydrogens is 494 g/mol. The molecular formula is C33H63ClP2. The monoisotopic (exact) mass is 556 g/mol. The Hall–Kier alpha value is 0.110. The standard InChI is InChI=1S/C33H62P2.ClH/c1-5-9-12-15-18-24-29-35(30-25-19-16-13-10-6-2,31-26-20-17-14-11-7-3)34(8-4)32-33-27-22-21-23-28-33;/h8,21-23,27-28,35H,4-7,9-20,24-26,29-32H2,1-3H3;1H. The number of hydrogen-bond donors (Lipinski definition) is 0. The van der Waals surface area contributed by atoms with Crippen LogP contribution in [0.15, 0.2) is 42.7 Å². The van der Waals surface area contributed by atoms with Gasteiger partial charge < -0.3 is 0 Å². The molecule has 1 rings (SSSR count). The number of unbranched alkanes of at least 4 members (excludes halogenated alkanes) is 15. The average Bonchev–Trinajstić information content (AvgIpc) is 2.89. The van der Waals surface area contributed by atoms with Crippen molar-refractivity contribution < 1.29 is 0 Å². The summed E-state index contributed by atoms with van der Waals surface area (Å²) in [6.45, 7) is 10.1. The quantitative estimate of drug-likeness (QED) is 0.0829. The fraction of sp³-hybridized carbons (Fsp3) is 0.758. The fourth-order valence-corrected chi connectivity index (χ4v) is 18.2. The minimum absolute atomic E-state index is 0. The van der Waals surface area contributed by atoms with Crippen molar-refractivity contribution in [2.75, 3.05) is 18.5 Å². The molecule has 1 aromatic rings. The van der Waals surface area contributed by atoms with Crippen LogP contribution in [-0.4, -0.2) is 18.5 Å². The average molecular weight is 557 g/mol. The van der Waals surface area contributed by atoms with Gasteiger partial charge in [-0.1, -0.05) is 0 Å². The molecule has 0 saturated heterocycles. The summed E-state index contributed by atoms with van der Waals surface area (Å²) in [6, 6.07) is 11.4. The molecule has 3 heteroatoms. The summed E-state index contributed by atoms with van der Waals surface area (Å²) in [5.74, 6) is 2.49. The fourth-order valence-electron chi connectivity index (χ4n) is 5.72. The van der Waals surface area contributed by atoms with E-state index in [9.17, 15) is 0 Å². The SMILES string of the molecule is C=CP(Cc1ccccc1)[PH](CCCCCCCC)(CCCCCCCC)CCCCCCCC.Cl. The van der Waals surface area contributed by atoms with E-state index in [1.54, 1.807) is 24.0 Å². The first-order chi connectivity index (χ1) is 17.2. The van der Waals surface area contributed by atoms with Crippen LogP contribution in [0.25, 0.3) is 0 Å². The number of benzene rings is 1. The van der Waals surface area contributed by atoms with E-state index in [1.165, 1.54) is 122 Å². The Bertz CT molecular complexity index is 548. The van der Waals surface area contributed by atoms with Gasteiger partial charge in [0.05, 0.1) is 0 Å². The molecule has 0 N–H and O–H groups in total. The van der Waals surface area contributed by atoms with Gasteiger partial charge in [-0.3, -0.25) is 0 Å². The first-order valence-electron chi connectivity index (χ1n) is 15.7. The van der Waals surface area contributed by atoms with Crippen LogP contribution in [0, 0.1) is 0 Å². The zero-order valence-electron chi connectivity index (χ0n) is 24.6. The third kappa shape index (κ3) is 16.8. The van der Waals surface area contributed by atoms with Gasteiger partial charge in [-0.05, 0) is 0 Å². The maximum atomic E-state index is 4.49. The van der Waals surface area contributed by atoms with Gasteiger partial charge in [0, 0.05) is 0 Å². The first-order valence-corrected chi connectivity index (χ1v) is 20.7. The summed E-state index contributed by atoms with van der Waals surface area (Å²) in [5, 5.41) is 0. The predicted octanol–water partition coefficient (Wildman–Crippen LogP) is 13.0. The first kappa shape index (κ1) is 36.1. The van der Waals surface area contributed by atoms with E-state index < -0.39 is 6.95 Å². The molecule has 0 aromatic heterocycles. The molecule has 0 fully saturated rings. The predicted molar refractivity (Wildman–Crippen MR) is 178 cm³/mol. The topological polar surface area (TPSA) is 0 Å². The molecule has 0 saturated carbocycles. The van der Waals surface area contributed by atoms with E-state index in [1.807, 2.05) is 0 Å². The third-order valence-electron chi connectivity index (χ3n) is 8.01. The smallest absolute Gasteiger partial charge is 0.147 e. The Morgan fingerprint density at radius 3 is 1.31 bits per heavy atom. The Morgan fingerprint density at radius 1 is 0.583 bits per heavy atom. The zero-order chi connectivity index (χ0) is 25.5. The maximum Gasteiger partial charge on any atom is -0.147 e. The van der Waals surface area contributed by atoms with Crippen molar-refractivity contribution in [2.45, 2.75) is 143 Å². The van der Waals surface area contributed by atoms with Crippen molar-refractivity contribution in [3.05, 3.63) is 48.3 Å². The van der Waals surface area contributed by atoms with Crippen molar-refractivity contribution in [2.24, 2.45) is 0 Å². The van der Waals surface area contributed by atoms with Gasteiger partial charge in [-0.25, -0.2) is 0 Å². The summed E-state index contributed by atoms with van der Waals surface area (Å²) in [4.78, 5) is 0. The van der Waals surface area contributed by atoms with Crippen molar-refractivity contribution in [1.82, 2.24) is 0 Å². The van der Waals surface area contributed by atoms with Crippen LogP contribution in [0.4, 0.5) is 0 Å². The number of halogens is 1. The summed E-state index contributed by atoms with van der Waals surface area (Å²) in [6.07, 6.45) is 31.9. The molecule has 0 aliphatic rings. The molecule has 1 aromatic carbocycles. The summed E-state index contributed by atoms with van der Waals surface area (Å²) in [5.41, 5.74) is 1.56. The second kappa shape index (κ2) is 25.4. The van der Waals surface area contributed by atoms with E-state index in [4.69, 9.17) is 0 Å². The molecule has 212 valence electrons. The Morgan fingerprint density at radius 2 is 0.944 bits per heavy atom. The molecule has 0 amide bonds. The van der Waals surface area contributed by atoms with Gasteiger partial charge in [0.1, 0.15) is 0 Å². The van der Waals surface area contributed by atoms with E-state index in [-0.39, 0.29) is 20.0 Å². The number of hydrogen-bond acceptors (Lipinski definition) is 0. The van der Waals surface area contributed by atoms with E-state index in [2.05, 4.69) is 63.5 Å². The van der Waals surface area contributed by atoms with Crippen molar-refractivity contribution >= 4 is 27.0 Å². The van der Waals surface area contributed by atoms with E-state index in [0.29, 0.717) is 0 Å². The van der Waals surface area contributed by atoms with Gasteiger partial charge in [0.25, 0.3) is 0 Å². The molecule has 0 aliphatic heterocycles. The Balaban J connectivity index is 0.0000122. The number of rotatable bonds is 25. The van der Waals surface area contributed by atoms with Crippen molar-refractivity contribution in [1.29, 1.82) is 0 Å². The molecule has 1 atom stereocenters. The van der Waals surface area contributed by atoms with Gasteiger partial charge in [0.15, 0.2) is 0 Å². The normalized spacial score (nSPS) is 12.8. The molecule has 0 aliphatic carbocycles. The molecule has 1 unspecified atom stereocenters. The minimum Gasteiger partial charge on any atom is -0.147 e. The molecule has 0 heterocycles. The van der Waals surface area contributed by atoms with E-state index >= 15 is 0 Å². The summed E-state index contributed by atoms with van der Waals surface area (Å²) >= 11 is 0. The van der Waals surface area contributed by atoms with E-state index in [0.717, 1.165) is 0 Å². The van der Waals surface area contributed by atoms with Gasteiger partial charge in [-0.15, -0.1) is 12.4 Å². The van der Waals surface area contributed by atoms with Crippen LogP contribution in [-0.2, 0) is 6.16 Å². The second-order valence-corrected chi connectivity index (χ2v) is 21.2. The second-order valence-electron chi connectivity index (χ2n) is 11.1. The van der Waals surface area contributed by atoms with Crippen LogP contribution in [0.1, 0.15) is 142 Å². The molecule has 36 heavy (non-hydrogen) atoms. The van der Waals surface area contributed by atoms with Gasteiger partial charge >= 0.3 is 224 Å². The third-order valence-corrected chi connectivity index (χ3v) is 20.9. The molecule has 0 bridgehead atoms. The van der Waals surface area contributed by atoms with Crippen LogP contribution >= 0.6 is 27.0 Å². The summed E-state index contributed by atoms with van der Waals surface area (Å²) < 4.78 is 0. The van der Waals surface area contributed by atoms with Gasteiger partial charge in [-0.2, -0.15) is 0 Å². The Kier molecular flexibility index (Phi) is 25.5. The van der Waals surface area contributed by atoms with Gasteiger partial charge in [0.2, 0.25) is 0 Å². The maximum absolute atomic E-state index is 4.49. The molecule has 0 spiro atoms. The minimum atomic E-state index is -1.37. The van der Waals surface area contributed by atoms with Crippen LogP contribution in [0.5, 0.6) is 0 Å². The largest absolute Gasteiger partial charge is 0.147 e. The Labute approximate surface area is 235 Å². The van der Waals surface area contributed by atoms with Crippen LogP contribution < -0.4 is 0 Å².